The van der Waals surface area contributed by atoms with E-state index in [0.29, 0.717) is 10.3 Å². The zero-order valence-electron chi connectivity index (χ0n) is 11.2. The summed E-state index contributed by atoms with van der Waals surface area (Å²) in [6, 6.07) is 1.97. The monoisotopic (exact) mass is 267 g/mol. The number of likely N-dealkylation sites (tertiary alicyclic amines) is 1. The lowest BCUT2D eigenvalue weighted by Crippen LogP contribution is -2.29. The quantitative estimate of drug-likeness (QED) is 0.499. The summed E-state index contributed by atoms with van der Waals surface area (Å²) in [5, 5.41) is 0. The molecule has 2 heterocycles. The molecule has 1 saturated heterocycles. The normalized spacial score (nSPS) is 19.1. The number of hydrazine groups is 1. The van der Waals surface area contributed by atoms with Crippen molar-refractivity contribution in [2.24, 2.45) is 11.3 Å². The fourth-order valence-corrected chi connectivity index (χ4v) is 3.40. The van der Waals surface area contributed by atoms with Crippen molar-refractivity contribution in [3.05, 3.63) is 21.4 Å². The van der Waals surface area contributed by atoms with Gasteiger partial charge in [-0.25, -0.2) is 5.84 Å². The van der Waals surface area contributed by atoms with E-state index >= 15 is 0 Å². The van der Waals surface area contributed by atoms with Gasteiger partial charge >= 0.3 is 0 Å². The summed E-state index contributed by atoms with van der Waals surface area (Å²) in [5.74, 6) is 4.96. The van der Waals surface area contributed by atoms with Gasteiger partial charge in [0.25, 0.3) is 5.91 Å². The zero-order valence-corrected chi connectivity index (χ0v) is 12.1. The Labute approximate surface area is 112 Å². The second-order valence-corrected chi connectivity index (χ2v) is 7.05. The van der Waals surface area contributed by atoms with Crippen LogP contribution in [-0.2, 0) is 6.54 Å². The predicted octanol–water partition coefficient (Wildman–Crippen LogP) is 1.89. The Kier molecular flexibility index (Phi) is 3.75. The van der Waals surface area contributed by atoms with Gasteiger partial charge in [0, 0.05) is 18.0 Å². The molecule has 18 heavy (non-hydrogen) atoms. The second kappa shape index (κ2) is 4.99. The van der Waals surface area contributed by atoms with Gasteiger partial charge in [-0.3, -0.25) is 15.1 Å². The third-order valence-electron chi connectivity index (χ3n) is 3.53. The molecule has 0 saturated carbocycles. The molecule has 0 atom stereocenters. The van der Waals surface area contributed by atoms with Crippen LogP contribution in [-0.4, -0.2) is 23.9 Å². The molecule has 0 aromatic carbocycles. The molecule has 1 aromatic heterocycles. The maximum atomic E-state index is 11.5. The van der Waals surface area contributed by atoms with Crippen molar-refractivity contribution in [2.45, 2.75) is 33.7 Å². The largest absolute Gasteiger partial charge is 0.298 e. The molecule has 1 aliphatic rings. The minimum absolute atomic E-state index is 0.198. The van der Waals surface area contributed by atoms with Crippen molar-refractivity contribution in [2.75, 3.05) is 13.1 Å². The van der Waals surface area contributed by atoms with Crippen LogP contribution in [0.4, 0.5) is 0 Å². The first-order valence-electron chi connectivity index (χ1n) is 6.24. The maximum Gasteiger partial charge on any atom is 0.275 e. The standard InChI is InChI=1S/C13H21N3OS/c1-9-10(6-11(18-9)12(17)15-14)7-16-5-4-13(2,3)8-16/h6H,4-5,7-8,14H2,1-3H3,(H,15,17). The van der Waals surface area contributed by atoms with Gasteiger partial charge in [-0.05, 0) is 36.9 Å². The summed E-state index contributed by atoms with van der Waals surface area (Å²) >= 11 is 1.51. The predicted molar refractivity (Wildman–Crippen MR) is 74.4 cm³/mol. The van der Waals surface area contributed by atoms with Crippen LogP contribution in [0.15, 0.2) is 6.07 Å². The Bertz CT molecular complexity index is 453. The van der Waals surface area contributed by atoms with Gasteiger partial charge in [0.1, 0.15) is 0 Å². The number of nitrogens with zero attached hydrogens (tertiary/aromatic N) is 1. The topological polar surface area (TPSA) is 58.4 Å². The van der Waals surface area contributed by atoms with E-state index in [0.717, 1.165) is 19.6 Å². The molecule has 1 aliphatic heterocycles. The summed E-state index contributed by atoms with van der Waals surface area (Å²) in [5.41, 5.74) is 3.85. The van der Waals surface area contributed by atoms with Gasteiger partial charge in [0.2, 0.25) is 0 Å². The first kappa shape index (κ1) is 13.5. The van der Waals surface area contributed by atoms with E-state index in [-0.39, 0.29) is 5.91 Å². The number of nitrogen functional groups attached to an aromatic ring is 1. The van der Waals surface area contributed by atoms with Gasteiger partial charge in [-0.1, -0.05) is 13.8 Å². The molecule has 1 amide bonds. The molecule has 1 aromatic rings. The molecule has 0 unspecified atom stereocenters. The van der Waals surface area contributed by atoms with Crippen LogP contribution in [0.2, 0.25) is 0 Å². The van der Waals surface area contributed by atoms with Crippen LogP contribution >= 0.6 is 11.3 Å². The molecular weight excluding hydrogens is 246 g/mol. The fourth-order valence-electron chi connectivity index (χ4n) is 2.46. The van der Waals surface area contributed by atoms with E-state index in [1.165, 1.54) is 28.2 Å². The SMILES string of the molecule is Cc1sc(C(=O)NN)cc1CN1CCC(C)(C)C1. The third-order valence-corrected chi connectivity index (χ3v) is 4.62. The van der Waals surface area contributed by atoms with E-state index < -0.39 is 0 Å². The number of amides is 1. The molecule has 4 nitrogen and oxygen atoms in total. The molecule has 1 fully saturated rings. The first-order chi connectivity index (χ1) is 8.41. The Hall–Kier alpha value is -0.910. The Balaban J connectivity index is 2.06. The number of hydrogen-bond donors (Lipinski definition) is 2. The van der Waals surface area contributed by atoms with Crippen LogP contribution in [0.25, 0.3) is 0 Å². The second-order valence-electron chi connectivity index (χ2n) is 5.79. The van der Waals surface area contributed by atoms with Gasteiger partial charge in [-0.15, -0.1) is 11.3 Å². The van der Waals surface area contributed by atoms with Crippen LogP contribution in [0.1, 0.15) is 40.4 Å². The molecule has 3 N–H and O–H groups in total. The van der Waals surface area contributed by atoms with E-state index in [1.54, 1.807) is 0 Å². The average molecular weight is 267 g/mol. The van der Waals surface area contributed by atoms with Gasteiger partial charge in [-0.2, -0.15) is 0 Å². The molecule has 0 bridgehead atoms. The Morgan fingerprint density at radius 3 is 2.89 bits per heavy atom. The number of aryl methyl sites for hydroxylation is 1. The van der Waals surface area contributed by atoms with Crippen LogP contribution in [0.5, 0.6) is 0 Å². The molecule has 0 radical (unpaired) electrons. The lowest BCUT2D eigenvalue weighted by Gasteiger charge is -2.19. The van der Waals surface area contributed by atoms with Crippen LogP contribution in [0.3, 0.4) is 0 Å². The molecule has 100 valence electrons. The number of hydrogen-bond acceptors (Lipinski definition) is 4. The summed E-state index contributed by atoms with van der Waals surface area (Å²) in [6.45, 7) is 9.88. The fraction of sp³-hybridized carbons (Fsp3) is 0.615. The molecule has 0 aliphatic carbocycles. The Morgan fingerprint density at radius 1 is 1.61 bits per heavy atom. The third kappa shape index (κ3) is 2.91. The number of carbonyl (C=O) groups is 1. The van der Waals surface area contributed by atoms with E-state index in [4.69, 9.17) is 5.84 Å². The summed E-state index contributed by atoms with van der Waals surface area (Å²) in [7, 11) is 0. The number of nitrogens with one attached hydrogen (secondary N) is 1. The van der Waals surface area contributed by atoms with Gasteiger partial charge < -0.3 is 0 Å². The van der Waals surface area contributed by atoms with Crippen molar-refractivity contribution >= 4 is 17.2 Å². The highest BCUT2D eigenvalue weighted by Crippen LogP contribution is 2.31. The lowest BCUT2D eigenvalue weighted by atomic mass is 9.93. The molecule has 2 rings (SSSR count). The Morgan fingerprint density at radius 2 is 2.33 bits per heavy atom. The van der Waals surface area contributed by atoms with Crippen molar-refractivity contribution in [3.8, 4) is 0 Å². The smallest absolute Gasteiger partial charge is 0.275 e. The number of rotatable bonds is 3. The van der Waals surface area contributed by atoms with Gasteiger partial charge in [0.05, 0.1) is 4.88 Å². The maximum absolute atomic E-state index is 11.5. The first-order valence-corrected chi connectivity index (χ1v) is 7.05. The minimum atomic E-state index is -0.198. The highest BCUT2D eigenvalue weighted by Gasteiger charge is 2.29. The van der Waals surface area contributed by atoms with E-state index in [2.05, 4.69) is 31.1 Å². The molecular formula is C13H21N3OS. The average Bonchev–Trinajstić information content (AvgIpc) is 2.82. The van der Waals surface area contributed by atoms with Crippen molar-refractivity contribution in [1.29, 1.82) is 0 Å². The summed E-state index contributed by atoms with van der Waals surface area (Å²) < 4.78 is 0. The van der Waals surface area contributed by atoms with Crippen molar-refractivity contribution < 1.29 is 4.79 Å². The zero-order chi connectivity index (χ0) is 13.3. The van der Waals surface area contributed by atoms with E-state index in [1.807, 2.05) is 6.07 Å². The number of nitrogens with two attached hydrogens (primary N) is 1. The van der Waals surface area contributed by atoms with Crippen molar-refractivity contribution in [1.82, 2.24) is 10.3 Å². The van der Waals surface area contributed by atoms with Crippen LogP contribution < -0.4 is 11.3 Å². The summed E-state index contributed by atoms with van der Waals surface area (Å²) in [4.78, 5) is 15.8. The number of thiophene rings is 1. The highest BCUT2D eigenvalue weighted by molar-refractivity contribution is 7.14. The number of carbonyl (C=O) groups excluding carboxylic acids is 1. The van der Waals surface area contributed by atoms with Crippen molar-refractivity contribution in [3.63, 3.8) is 0 Å². The molecule has 0 spiro atoms. The highest BCUT2D eigenvalue weighted by atomic mass is 32.1. The lowest BCUT2D eigenvalue weighted by molar-refractivity contribution is 0.0957. The van der Waals surface area contributed by atoms with E-state index in [9.17, 15) is 4.79 Å². The minimum Gasteiger partial charge on any atom is -0.298 e. The summed E-state index contributed by atoms with van der Waals surface area (Å²) in [6.07, 6.45) is 1.24. The molecule has 5 heteroatoms. The van der Waals surface area contributed by atoms with Gasteiger partial charge in [0.15, 0.2) is 0 Å². The van der Waals surface area contributed by atoms with Crippen LogP contribution in [0, 0.1) is 12.3 Å².